The number of rotatable bonds is 3. The van der Waals surface area contributed by atoms with Crippen molar-refractivity contribution in [1.29, 1.82) is 0 Å². The molecule has 1 heterocycles. The first kappa shape index (κ1) is 14.1. The number of amides is 1. The minimum Gasteiger partial charge on any atom is -0.338 e. The van der Waals surface area contributed by atoms with Gasteiger partial charge in [0.15, 0.2) is 0 Å². The largest absolute Gasteiger partial charge is 0.338 e. The Morgan fingerprint density at radius 1 is 1.32 bits per heavy atom. The highest BCUT2D eigenvalue weighted by atomic mass is 16.2. The summed E-state index contributed by atoms with van der Waals surface area (Å²) in [6.45, 7) is 5.18. The van der Waals surface area contributed by atoms with Gasteiger partial charge in [0.1, 0.15) is 0 Å². The van der Waals surface area contributed by atoms with Crippen LogP contribution in [0.4, 0.5) is 0 Å². The number of piperidine rings is 1. The lowest BCUT2D eigenvalue weighted by molar-refractivity contribution is -0.136. The molecule has 1 aliphatic heterocycles. The second-order valence-corrected chi connectivity index (χ2v) is 5.82. The number of nitrogens with two attached hydrogens (primary N) is 1. The Hall–Kier alpha value is -1.35. The van der Waals surface area contributed by atoms with Gasteiger partial charge in [-0.3, -0.25) is 4.79 Å². The van der Waals surface area contributed by atoms with Gasteiger partial charge in [0.25, 0.3) is 0 Å². The lowest BCUT2D eigenvalue weighted by atomic mass is 9.94. The van der Waals surface area contributed by atoms with Gasteiger partial charge in [-0.25, -0.2) is 0 Å². The number of hydrogen-bond donors (Lipinski definition) is 1. The highest BCUT2D eigenvalue weighted by Crippen LogP contribution is 2.22. The summed E-state index contributed by atoms with van der Waals surface area (Å²) in [6.07, 6.45) is 2.92. The molecule has 0 aliphatic carbocycles. The van der Waals surface area contributed by atoms with Crippen molar-refractivity contribution in [3.8, 4) is 0 Å². The molecule has 0 saturated carbocycles. The maximum atomic E-state index is 12.5. The van der Waals surface area contributed by atoms with Gasteiger partial charge >= 0.3 is 0 Å². The Labute approximate surface area is 115 Å². The van der Waals surface area contributed by atoms with Crippen molar-refractivity contribution in [2.75, 3.05) is 6.54 Å². The van der Waals surface area contributed by atoms with Crippen molar-refractivity contribution in [2.45, 2.75) is 45.2 Å². The lowest BCUT2D eigenvalue weighted by Crippen LogP contribution is -2.52. The Bertz CT molecular complexity index is 418. The molecule has 1 amide bonds. The standard InChI is InChI=1S/C16H24N2O/c1-12-8-9-13(2)18(11-12)16(19)15(17)10-14-6-4-3-5-7-14/h3-7,12-13,15H,8-11,17H2,1-2H3/t12?,13?,15-/m1/s1. The molecule has 19 heavy (non-hydrogen) atoms. The van der Waals surface area contributed by atoms with Crippen molar-refractivity contribution in [2.24, 2.45) is 11.7 Å². The van der Waals surface area contributed by atoms with Crippen LogP contribution in [0.2, 0.25) is 0 Å². The van der Waals surface area contributed by atoms with E-state index in [1.807, 2.05) is 35.2 Å². The molecule has 0 aromatic heterocycles. The third kappa shape index (κ3) is 3.57. The van der Waals surface area contributed by atoms with Crippen LogP contribution in [0.1, 0.15) is 32.3 Å². The molecule has 1 saturated heterocycles. The summed E-state index contributed by atoms with van der Waals surface area (Å²) >= 11 is 0. The molecule has 3 heteroatoms. The molecule has 0 spiro atoms. The first-order valence-corrected chi connectivity index (χ1v) is 7.18. The number of benzene rings is 1. The number of carbonyl (C=O) groups excluding carboxylic acids is 1. The van der Waals surface area contributed by atoms with Gasteiger partial charge in [-0.2, -0.15) is 0 Å². The zero-order chi connectivity index (χ0) is 13.8. The minimum absolute atomic E-state index is 0.0999. The van der Waals surface area contributed by atoms with Crippen LogP contribution in [0, 0.1) is 5.92 Å². The maximum Gasteiger partial charge on any atom is 0.240 e. The first-order chi connectivity index (χ1) is 9.08. The van der Waals surface area contributed by atoms with E-state index in [4.69, 9.17) is 5.73 Å². The molecule has 1 aliphatic rings. The minimum atomic E-state index is -0.421. The normalized spacial score (nSPS) is 25.1. The van der Waals surface area contributed by atoms with E-state index in [1.54, 1.807) is 0 Å². The van der Waals surface area contributed by atoms with Crippen LogP contribution in [0.5, 0.6) is 0 Å². The third-order valence-corrected chi connectivity index (χ3v) is 4.02. The molecule has 3 nitrogen and oxygen atoms in total. The van der Waals surface area contributed by atoms with Crippen LogP contribution in [0.3, 0.4) is 0 Å². The molecule has 1 aromatic rings. The molecule has 1 fully saturated rings. The van der Waals surface area contributed by atoms with Gasteiger partial charge in [-0.15, -0.1) is 0 Å². The fraction of sp³-hybridized carbons (Fsp3) is 0.562. The summed E-state index contributed by atoms with van der Waals surface area (Å²) in [5, 5.41) is 0. The molecule has 3 atom stereocenters. The van der Waals surface area contributed by atoms with E-state index in [0.29, 0.717) is 18.4 Å². The van der Waals surface area contributed by atoms with Crippen LogP contribution in [-0.2, 0) is 11.2 Å². The molecule has 104 valence electrons. The predicted molar refractivity (Wildman–Crippen MR) is 77.7 cm³/mol. The SMILES string of the molecule is CC1CCC(C)N(C(=O)[C@H](N)Cc2ccccc2)C1. The highest BCUT2D eigenvalue weighted by molar-refractivity contribution is 5.82. The first-order valence-electron chi connectivity index (χ1n) is 7.18. The van der Waals surface area contributed by atoms with Crippen molar-refractivity contribution in [3.63, 3.8) is 0 Å². The van der Waals surface area contributed by atoms with Gasteiger partial charge in [-0.1, -0.05) is 37.3 Å². The van der Waals surface area contributed by atoms with Crippen molar-refractivity contribution >= 4 is 5.91 Å². The number of likely N-dealkylation sites (tertiary alicyclic amines) is 1. The fourth-order valence-electron chi connectivity index (χ4n) is 2.76. The van der Waals surface area contributed by atoms with E-state index in [-0.39, 0.29) is 5.91 Å². The third-order valence-electron chi connectivity index (χ3n) is 4.02. The van der Waals surface area contributed by atoms with E-state index in [1.165, 1.54) is 6.42 Å². The lowest BCUT2D eigenvalue weighted by Gasteiger charge is -2.38. The summed E-state index contributed by atoms with van der Waals surface area (Å²) in [5.74, 6) is 0.687. The number of nitrogens with zero attached hydrogens (tertiary/aromatic N) is 1. The zero-order valence-corrected chi connectivity index (χ0v) is 11.9. The van der Waals surface area contributed by atoms with Crippen LogP contribution in [0.15, 0.2) is 30.3 Å². The second kappa shape index (κ2) is 6.20. The van der Waals surface area contributed by atoms with Crippen LogP contribution in [0.25, 0.3) is 0 Å². The van der Waals surface area contributed by atoms with Crippen molar-refractivity contribution < 1.29 is 4.79 Å². The van der Waals surface area contributed by atoms with Crippen LogP contribution < -0.4 is 5.73 Å². The Kier molecular flexibility index (Phi) is 4.59. The summed E-state index contributed by atoms with van der Waals surface area (Å²) in [6, 6.07) is 9.90. The zero-order valence-electron chi connectivity index (χ0n) is 11.9. The summed E-state index contributed by atoms with van der Waals surface area (Å²) in [7, 11) is 0. The molecule has 0 radical (unpaired) electrons. The van der Waals surface area contributed by atoms with E-state index in [2.05, 4.69) is 13.8 Å². The molecule has 0 bridgehead atoms. The molecule has 1 aromatic carbocycles. The topological polar surface area (TPSA) is 46.3 Å². The quantitative estimate of drug-likeness (QED) is 0.905. The van der Waals surface area contributed by atoms with E-state index in [9.17, 15) is 4.79 Å². The summed E-state index contributed by atoms with van der Waals surface area (Å²) < 4.78 is 0. The van der Waals surface area contributed by atoms with Crippen molar-refractivity contribution in [1.82, 2.24) is 4.90 Å². The predicted octanol–water partition coefficient (Wildman–Crippen LogP) is 2.20. The Balaban J connectivity index is 1.98. The number of carbonyl (C=O) groups is 1. The van der Waals surface area contributed by atoms with Crippen molar-refractivity contribution in [3.05, 3.63) is 35.9 Å². The average Bonchev–Trinajstić information content (AvgIpc) is 2.42. The van der Waals surface area contributed by atoms with E-state index < -0.39 is 6.04 Å². The molecule has 2 rings (SSSR count). The monoisotopic (exact) mass is 260 g/mol. The van der Waals surface area contributed by atoms with Gasteiger partial charge < -0.3 is 10.6 Å². The molecule has 2 N–H and O–H groups in total. The van der Waals surface area contributed by atoms with Gasteiger partial charge in [0.2, 0.25) is 5.91 Å². The summed E-state index contributed by atoms with van der Waals surface area (Å²) in [4.78, 5) is 14.4. The highest BCUT2D eigenvalue weighted by Gasteiger charge is 2.29. The van der Waals surface area contributed by atoms with Crippen LogP contribution in [-0.4, -0.2) is 29.4 Å². The average molecular weight is 260 g/mol. The Morgan fingerprint density at radius 2 is 2.00 bits per heavy atom. The van der Waals surface area contributed by atoms with Gasteiger partial charge in [0, 0.05) is 12.6 Å². The van der Waals surface area contributed by atoms with Gasteiger partial charge in [0.05, 0.1) is 6.04 Å². The molecular formula is C16H24N2O. The molecular weight excluding hydrogens is 236 g/mol. The number of hydrogen-bond acceptors (Lipinski definition) is 2. The molecule has 2 unspecified atom stereocenters. The second-order valence-electron chi connectivity index (χ2n) is 5.82. The smallest absolute Gasteiger partial charge is 0.240 e. The van der Waals surface area contributed by atoms with Gasteiger partial charge in [-0.05, 0) is 37.7 Å². The summed E-state index contributed by atoms with van der Waals surface area (Å²) in [5.41, 5.74) is 7.22. The fourth-order valence-corrected chi connectivity index (χ4v) is 2.76. The van der Waals surface area contributed by atoms with E-state index in [0.717, 1.165) is 18.5 Å². The maximum absolute atomic E-state index is 12.5. The Morgan fingerprint density at radius 3 is 2.68 bits per heavy atom. The van der Waals surface area contributed by atoms with Crippen LogP contribution >= 0.6 is 0 Å². The van der Waals surface area contributed by atoms with E-state index >= 15 is 0 Å².